The van der Waals surface area contributed by atoms with Crippen molar-refractivity contribution in [2.45, 2.75) is 26.3 Å². The third-order valence-corrected chi connectivity index (χ3v) is 5.12. The molecule has 18 heavy (non-hydrogen) atoms. The number of hydrogen-bond acceptors (Lipinski definition) is 2. The summed E-state index contributed by atoms with van der Waals surface area (Å²) in [6.07, 6.45) is 1.04. The minimum absolute atomic E-state index is 0.385. The first-order valence-corrected chi connectivity index (χ1v) is 7.75. The molecule has 1 aromatic heterocycles. The zero-order valence-electron chi connectivity index (χ0n) is 11.0. The number of nitrogens with one attached hydrogen (secondary N) is 1. The van der Waals surface area contributed by atoms with Crippen molar-refractivity contribution in [3.05, 3.63) is 55.7 Å². The van der Waals surface area contributed by atoms with E-state index in [0.717, 1.165) is 6.42 Å². The Morgan fingerprint density at radius 2 is 2.11 bits per heavy atom. The van der Waals surface area contributed by atoms with Crippen LogP contribution in [0.1, 0.15) is 27.6 Å². The second kappa shape index (κ2) is 6.00. The molecule has 0 amide bonds. The van der Waals surface area contributed by atoms with E-state index < -0.39 is 0 Å². The van der Waals surface area contributed by atoms with Crippen molar-refractivity contribution in [3.8, 4) is 0 Å². The number of benzene rings is 1. The Balaban J connectivity index is 2.25. The lowest BCUT2D eigenvalue weighted by Crippen LogP contribution is -2.19. The van der Waals surface area contributed by atoms with Crippen LogP contribution in [0.3, 0.4) is 0 Å². The van der Waals surface area contributed by atoms with E-state index >= 15 is 0 Å². The third kappa shape index (κ3) is 3.02. The van der Waals surface area contributed by atoms with Gasteiger partial charge in [-0.05, 0) is 59.6 Å². The Kier molecular flexibility index (Phi) is 4.60. The normalized spacial score (nSPS) is 12.7. The van der Waals surface area contributed by atoms with Gasteiger partial charge < -0.3 is 5.32 Å². The van der Waals surface area contributed by atoms with Crippen LogP contribution in [-0.2, 0) is 6.42 Å². The summed E-state index contributed by atoms with van der Waals surface area (Å²) in [7, 11) is 2.04. The van der Waals surface area contributed by atoms with Crippen LogP contribution in [0.4, 0.5) is 0 Å². The van der Waals surface area contributed by atoms with Crippen molar-refractivity contribution in [2.24, 2.45) is 0 Å². The number of thiophene rings is 1. The second-order valence-corrected chi connectivity index (χ2v) is 6.48. The predicted octanol–water partition coefficient (Wildman–Crippen LogP) is 4.63. The molecule has 0 radical (unpaired) electrons. The molecule has 3 heteroatoms. The van der Waals surface area contributed by atoms with E-state index in [1.807, 2.05) is 18.4 Å². The predicted molar refractivity (Wildman–Crippen MR) is 83.4 cm³/mol. The first-order chi connectivity index (χ1) is 8.61. The van der Waals surface area contributed by atoms with Crippen molar-refractivity contribution in [3.63, 3.8) is 0 Å². The second-order valence-electron chi connectivity index (χ2n) is 4.57. The molecular formula is C15H18BrNS. The SMILES string of the molecule is CNC(Cc1cc(Br)cs1)c1cccc(C)c1C. The maximum atomic E-state index is 3.52. The zero-order chi connectivity index (χ0) is 13.1. The summed E-state index contributed by atoms with van der Waals surface area (Å²) in [4.78, 5) is 1.40. The summed E-state index contributed by atoms with van der Waals surface area (Å²) in [5, 5.41) is 5.58. The highest BCUT2D eigenvalue weighted by Gasteiger charge is 2.14. The lowest BCUT2D eigenvalue weighted by atomic mass is 9.95. The van der Waals surface area contributed by atoms with E-state index in [2.05, 4.69) is 64.7 Å². The summed E-state index contributed by atoms with van der Waals surface area (Å²) in [6, 6.07) is 9.14. The molecule has 0 aliphatic heterocycles. The van der Waals surface area contributed by atoms with Gasteiger partial charge in [0.1, 0.15) is 0 Å². The number of likely N-dealkylation sites (N-methyl/N-ethyl adjacent to an activating group) is 1. The molecule has 1 N–H and O–H groups in total. The highest BCUT2D eigenvalue weighted by molar-refractivity contribution is 9.10. The molecule has 2 rings (SSSR count). The number of hydrogen-bond donors (Lipinski definition) is 1. The van der Waals surface area contributed by atoms with Gasteiger partial charge in [0.25, 0.3) is 0 Å². The average Bonchev–Trinajstić information content (AvgIpc) is 2.76. The highest BCUT2D eigenvalue weighted by Crippen LogP contribution is 2.27. The first-order valence-electron chi connectivity index (χ1n) is 6.08. The topological polar surface area (TPSA) is 12.0 Å². The quantitative estimate of drug-likeness (QED) is 0.864. The minimum atomic E-state index is 0.385. The summed E-state index contributed by atoms with van der Waals surface area (Å²) < 4.78 is 1.18. The van der Waals surface area contributed by atoms with Crippen molar-refractivity contribution in [1.29, 1.82) is 0 Å². The highest BCUT2D eigenvalue weighted by atomic mass is 79.9. The molecule has 1 nitrogen and oxygen atoms in total. The molecule has 1 aromatic carbocycles. The van der Waals surface area contributed by atoms with Gasteiger partial charge in [-0.2, -0.15) is 0 Å². The standard InChI is InChI=1S/C15H18BrNS/c1-10-5-4-6-14(11(10)2)15(17-3)8-13-7-12(16)9-18-13/h4-7,9,15,17H,8H2,1-3H3. The van der Waals surface area contributed by atoms with E-state index in [-0.39, 0.29) is 0 Å². The van der Waals surface area contributed by atoms with Gasteiger partial charge in [0, 0.05) is 27.2 Å². The maximum absolute atomic E-state index is 3.52. The van der Waals surface area contributed by atoms with Gasteiger partial charge in [-0.15, -0.1) is 11.3 Å². The molecule has 0 aliphatic rings. The lowest BCUT2D eigenvalue weighted by Gasteiger charge is -2.19. The molecule has 0 bridgehead atoms. The van der Waals surface area contributed by atoms with Crippen molar-refractivity contribution >= 4 is 27.3 Å². The van der Waals surface area contributed by atoms with Crippen molar-refractivity contribution in [1.82, 2.24) is 5.32 Å². The number of aryl methyl sites for hydroxylation is 1. The fourth-order valence-electron chi connectivity index (χ4n) is 2.18. The Hall–Kier alpha value is -0.640. The Morgan fingerprint density at radius 1 is 1.33 bits per heavy atom. The molecule has 1 unspecified atom stereocenters. The summed E-state index contributed by atoms with van der Waals surface area (Å²) in [5.41, 5.74) is 4.16. The van der Waals surface area contributed by atoms with Crippen LogP contribution in [0.15, 0.2) is 34.1 Å². The Bertz CT molecular complexity index is 533. The van der Waals surface area contributed by atoms with Gasteiger partial charge in [0.15, 0.2) is 0 Å². The van der Waals surface area contributed by atoms with Crippen LogP contribution in [0.25, 0.3) is 0 Å². The number of rotatable bonds is 4. The van der Waals surface area contributed by atoms with Crippen molar-refractivity contribution in [2.75, 3.05) is 7.05 Å². The molecule has 0 saturated carbocycles. The van der Waals surface area contributed by atoms with Gasteiger partial charge in [0.05, 0.1) is 0 Å². The van der Waals surface area contributed by atoms with Gasteiger partial charge in [-0.25, -0.2) is 0 Å². The van der Waals surface area contributed by atoms with Gasteiger partial charge >= 0.3 is 0 Å². The lowest BCUT2D eigenvalue weighted by molar-refractivity contribution is 0.593. The molecule has 96 valence electrons. The van der Waals surface area contributed by atoms with E-state index in [1.165, 1.54) is 26.0 Å². The first kappa shape index (κ1) is 13.8. The number of halogens is 1. The molecular weight excluding hydrogens is 306 g/mol. The van der Waals surface area contributed by atoms with Crippen LogP contribution in [-0.4, -0.2) is 7.05 Å². The molecule has 0 saturated heterocycles. The summed E-state index contributed by atoms with van der Waals surface area (Å²) >= 11 is 5.33. The molecule has 2 aromatic rings. The largest absolute Gasteiger partial charge is 0.313 e. The molecule has 0 aliphatic carbocycles. The molecule has 1 heterocycles. The van der Waals surface area contributed by atoms with E-state index in [0.29, 0.717) is 6.04 Å². The maximum Gasteiger partial charge on any atom is 0.0369 e. The van der Waals surface area contributed by atoms with Gasteiger partial charge in [-0.3, -0.25) is 0 Å². The van der Waals surface area contributed by atoms with E-state index in [9.17, 15) is 0 Å². The van der Waals surface area contributed by atoms with E-state index in [1.54, 1.807) is 0 Å². The average molecular weight is 324 g/mol. The van der Waals surface area contributed by atoms with Crippen LogP contribution in [0.2, 0.25) is 0 Å². The Morgan fingerprint density at radius 3 is 2.72 bits per heavy atom. The van der Waals surface area contributed by atoms with Crippen LogP contribution in [0.5, 0.6) is 0 Å². The van der Waals surface area contributed by atoms with Crippen LogP contribution in [0, 0.1) is 13.8 Å². The minimum Gasteiger partial charge on any atom is -0.313 e. The molecule has 0 fully saturated rings. The fraction of sp³-hybridized carbons (Fsp3) is 0.333. The summed E-state index contributed by atoms with van der Waals surface area (Å²) in [5.74, 6) is 0. The monoisotopic (exact) mass is 323 g/mol. The zero-order valence-corrected chi connectivity index (χ0v) is 13.4. The molecule has 1 atom stereocenters. The van der Waals surface area contributed by atoms with E-state index in [4.69, 9.17) is 0 Å². The van der Waals surface area contributed by atoms with Gasteiger partial charge in [0.2, 0.25) is 0 Å². The van der Waals surface area contributed by atoms with Crippen LogP contribution >= 0.6 is 27.3 Å². The van der Waals surface area contributed by atoms with Gasteiger partial charge in [-0.1, -0.05) is 18.2 Å². The van der Waals surface area contributed by atoms with Crippen molar-refractivity contribution < 1.29 is 0 Å². The fourth-order valence-corrected chi connectivity index (χ4v) is 3.68. The van der Waals surface area contributed by atoms with Crippen LogP contribution < -0.4 is 5.32 Å². The molecule has 0 spiro atoms. The third-order valence-electron chi connectivity index (χ3n) is 3.40. The summed E-state index contributed by atoms with van der Waals surface area (Å²) in [6.45, 7) is 4.38. The Labute approximate surface area is 121 Å². The smallest absolute Gasteiger partial charge is 0.0369 e.